The highest BCUT2D eigenvalue weighted by atomic mass is 35.5. The molecule has 1 aromatic carbocycles. The van der Waals surface area contributed by atoms with Crippen molar-refractivity contribution >= 4 is 22.9 Å². The van der Waals surface area contributed by atoms with Crippen molar-refractivity contribution in [1.82, 2.24) is 10.1 Å². The van der Waals surface area contributed by atoms with Gasteiger partial charge in [-0.3, -0.25) is 4.98 Å². The fraction of sp³-hybridized carbons (Fsp3) is 0.0526. The summed E-state index contributed by atoms with van der Waals surface area (Å²) < 4.78 is 33.4. The lowest BCUT2D eigenvalue weighted by atomic mass is 9.97. The molecule has 0 amide bonds. The largest absolute Gasteiger partial charge is 0.383 e. The lowest BCUT2D eigenvalue weighted by Crippen LogP contribution is -2.02. The number of benzene rings is 1. The van der Waals surface area contributed by atoms with Crippen LogP contribution in [0.3, 0.4) is 0 Å². The van der Waals surface area contributed by atoms with Crippen LogP contribution in [0.25, 0.3) is 21.9 Å². The van der Waals surface area contributed by atoms with Crippen molar-refractivity contribution in [2.75, 3.05) is 0 Å². The molecule has 0 bridgehead atoms. The Bertz CT molecular complexity index is 1080. The Morgan fingerprint density at radius 1 is 1.11 bits per heavy atom. The van der Waals surface area contributed by atoms with E-state index in [2.05, 4.69) is 10.1 Å². The van der Waals surface area contributed by atoms with Crippen LogP contribution >= 0.6 is 22.9 Å². The Hall–Kier alpha value is -2.61. The van der Waals surface area contributed by atoms with Crippen molar-refractivity contribution in [3.8, 4) is 21.9 Å². The molecule has 1 atom stereocenters. The second-order valence-electron chi connectivity index (χ2n) is 5.72. The van der Waals surface area contributed by atoms with Crippen molar-refractivity contribution in [2.45, 2.75) is 6.10 Å². The van der Waals surface area contributed by atoms with Crippen LogP contribution in [0.4, 0.5) is 8.78 Å². The van der Waals surface area contributed by atoms with Gasteiger partial charge in [0.25, 0.3) is 0 Å². The van der Waals surface area contributed by atoms with Gasteiger partial charge in [0.1, 0.15) is 23.4 Å². The van der Waals surface area contributed by atoms with Crippen LogP contribution < -0.4 is 0 Å². The number of rotatable bonds is 4. The Balaban J connectivity index is 1.93. The summed E-state index contributed by atoms with van der Waals surface area (Å²) in [5.74, 6) is -1.45. The minimum absolute atomic E-state index is 0.0734. The average Bonchev–Trinajstić information content (AvgIpc) is 3.27. The van der Waals surface area contributed by atoms with Gasteiger partial charge in [0, 0.05) is 29.6 Å². The van der Waals surface area contributed by atoms with Crippen LogP contribution in [0.5, 0.6) is 0 Å². The quantitative estimate of drug-likeness (QED) is 0.489. The number of aliphatic hydroxyl groups is 1. The third-order valence-corrected chi connectivity index (χ3v) is 5.17. The van der Waals surface area contributed by atoms with Crippen LogP contribution in [0.2, 0.25) is 4.34 Å². The molecule has 136 valence electrons. The zero-order valence-electron chi connectivity index (χ0n) is 13.6. The average molecular weight is 405 g/mol. The summed E-state index contributed by atoms with van der Waals surface area (Å²) in [5.41, 5.74) is 1.25. The highest BCUT2D eigenvalue weighted by molar-refractivity contribution is 7.19. The first-order valence-electron chi connectivity index (χ1n) is 7.82. The monoisotopic (exact) mass is 404 g/mol. The lowest BCUT2D eigenvalue weighted by molar-refractivity contribution is 0.220. The smallest absolute Gasteiger partial charge is 0.173 e. The van der Waals surface area contributed by atoms with E-state index < -0.39 is 17.7 Å². The second kappa shape index (κ2) is 7.19. The molecule has 1 N–H and O–H groups in total. The summed E-state index contributed by atoms with van der Waals surface area (Å²) in [4.78, 5) is 4.66. The fourth-order valence-corrected chi connectivity index (χ4v) is 3.81. The van der Waals surface area contributed by atoms with Crippen LogP contribution in [-0.2, 0) is 0 Å². The molecule has 27 heavy (non-hydrogen) atoms. The number of nitrogens with zero attached hydrogens (tertiary/aromatic N) is 2. The highest BCUT2D eigenvalue weighted by Gasteiger charge is 2.27. The SMILES string of the molecule is OC(c1cccnc1)c1c(-c2ccc(Cl)s2)noc1-c1cc(F)cc(F)c1. The molecule has 0 saturated carbocycles. The zero-order valence-corrected chi connectivity index (χ0v) is 15.1. The highest BCUT2D eigenvalue weighted by Crippen LogP contribution is 2.41. The van der Waals surface area contributed by atoms with Crippen molar-refractivity contribution in [3.05, 3.63) is 82.0 Å². The number of aromatic nitrogens is 2. The van der Waals surface area contributed by atoms with Gasteiger partial charge < -0.3 is 9.63 Å². The van der Waals surface area contributed by atoms with Crippen molar-refractivity contribution < 1.29 is 18.4 Å². The molecule has 3 aromatic heterocycles. The van der Waals surface area contributed by atoms with Gasteiger partial charge in [-0.1, -0.05) is 22.8 Å². The van der Waals surface area contributed by atoms with Gasteiger partial charge in [-0.25, -0.2) is 8.78 Å². The molecule has 4 aromatic rings. The van der Waals surface area contributed by atoms with E-state index in [1.54, 1.807) is 30.5 Å². The van der Waals surface area contributed by atoms with E-state index in [4.69, 9.17) is 16.1 Å². The van der Waals surface area contributed by atoms with Gasteiger partial charge in [0.15, 0.2) is 5.76 Å². The number of pyridine rings is 1. The molecule has 4 rings (SSSR count). The molecular formula is C19H11ClF2N2O2S. The van der Waals surface area contributed by atoms with E-state index >= 15 is 0 Å². The predicted molar refractivity (Wildman–Crippen MR) is 98.5 cm³/mol. The molecule has 0 saturated heterocycles. The molecule has 3 heterocycles. The predicted octanol–water partition coefficient (Wildman–Crippen LogP) is 5.48. The van der Waals surface area contributed by atoms with E-state index in [0.29, 0.717) is 20.5 Å². The molecule has 0 spiro atoms. The Morgan fingerprint density at radius 2 is 1.89 bits per heavy atom. The topological polar surface area (TPSA) is 59.2 Å². The van der Waals surface area contributed by atoms with Crippen molar-refractivity contribution in [1.29, 1.82) is 0 Å². The molecule has 0 aliphatic rings. The van der Waals surface area contributed by atoms with Gasteiger partial charge in [0.05, 0.1) is 14.8 Å². The van der Waals surface area contributed by atoms with Crippen LogP contribution in [0, 0.1) is 11.6 Å². The van der Waals surface area contributed by atoms with E-state index in [9.17, 15) is 13.9 Å². The van der Waals surface area contributed by atoms with Crippen LogP contribution in [0.1, 0.15) is 17.2 Å². The maximum absolute atomic E-state index is 13.7. The molecular weight excluding hydrogens is 394 g/mol. The number of aliphatic hydroxyl groups excluding tert-OH is 1. The van der Waals surface area contributed by atoms with Crippen molar-refractivity contribution in [3.63, 3.8) is 0 Å². The molecule has 1 unspecified atom stereocenters. The maximum atomic E-state index is 13.7. The first-order chi connectivity index (χ1) is 13.0. The molecule has 0 radical (unpaired) electrons. The summed E-state index contributed by atoms with van der Waals surface area (Å²) >= 11 is 7.26. The Kier molecular flexibility index (Phi) is 4.73. The van der Waals surface area contributed by atoms with E-state index in [-0.39, 0.29) is 16.9 Å². The van der Waals surface area contributed by atoms with Gasteiger partial charge >= 0.3 is 0 Å². The summed E-state index contributed by atoms with van der Waals surface area (Å²) in [6.45, 7) is 0. The Labute approximate surface area is 161 Å². The number of halogens is 3. The van der Waals surface area contributed by atoms with E-state index in [1.807, 2.05) is 0 Å². The lowest BCUT2D eigenvalue weighted by Gasteiger charge is -2.12. The number of hydrogen-bond acceptors (Lipinski definition) is 5. The number of thiophene rings is 1. The molecule has 4 nitrogen and oxygen atoms in total. The molecule has 0 aliphatic carbocycles. The zero-order chi connectivity index (χ0) is 19.0. The third kappa shape index (κ3) is 3.49. The van der Waals surface area contributed by atoms with Crippen molar-refractivity contribution in [2.24, 2.45) is 0 Å². The number of hydrogen-bond donors (Lipinski definition) is 1. The van der Waals surface area contributed by atoms with Crippen LogP contribution in [-0.4, -0.2) is 15.2 Å². The standard InChI is InChI=1S/C19H11ClF2N2O2S/c20-15-4-3-14(27-15)17-16(18(25)10-2-1-5-23-9-10)19(26-24-17)11-6-12(21)8-13(22)7-11/h1-9,18,25H. The summed E-state index contributed by atoms with van der Waals surface area (Å²) in [6.07, 6.45) is 1.91. The van der Waals surface area contributed by atoms with E-state index in [1.165, 1.54) is 17.5 Å². The van der Waals surface area contributed by atoms with Gasteiger partial charge in [-0.05, 0) is 30.3 Å². The van der Waals surface area contributed by atoms with Gasteiger partial charge in [-0.15, -0.1) is 11.3 Å². The maximum Gasteiger partial charge on any atom is 0.173 e. The summed E-state index contributed by atoms with van der Waals surface area (Å²) in [6, 6.07) is 9.79. The first kappa shape index (κ1) is 17.8. The molecule has 0 fully saturated rings. The minimum Gasteiger partial charge on any atom is -0.383 e. The summed E-state index contributed by atoms with van der Waals surface area (Å²) in [5, 5.41) is 15.0. The first-order valence-corrected chi connectivity index (χ1v) is 9.02. The van der Waals surface area contributed by atoms with Gasteiger partial charge in [0.2, 0.25) is 0 Å². The molecule has 8 heteroatoms. The second-order valence-corrected chi connectivity index (χ2v) is 7.44. The summed E-state index contributed by atoms with van der Waals surface area (Å²) in [7, 11) is 0. The fourth-order valence-electron chi connectivity index (χ4n) is 2.77. The molecule has 0 aliphatic heterocycles. The minimum atomic E-state index is -1.16. The Morgan fingerprint density at radius 3 is 2.52 bits per heavy atom. The third-order valence-electron chi connectivity index (χ3n) is 3.93. The van der Waals surface area contributed by atoms with Crippen LogP contribution in [0.15, 0.2) is 59.4 Å². The van der Waals surface area contributed by atoms with E-state index in [0.717, 1.165) is 18.2 Å². The normalized spacial score (nSPS) is 12.3. The van der Waals surface area contributed by atoms with Gasteiger partial charge in [-0.2, -0.15) is 0 Å².